The molecule has 168 valence electrons. The Kier molecular flexibility index (Phi) is 4.43. The second-order valence-corrected chi connectivity index (χ2v) is 10.9. The van der Waals surface area contributed by atoms with E-state index in [1.54, 1.807) is 0 Å². The van der Waals surface area contributed by atoms with Crippen LogP contribution in [0.2, 0.25) is 0 Å². The number of aliphatic hydroxyl groups excluding tert-OH is 1. The van der Waals surface area contributed by atoms with Gasteiger partial charge >= 0.3 is 11.9 Å². The lowest BCUT2D eigenvalue weighted by Crippen LogP contribution is -2.65. The number of hydrogen-bond donors (Lipinski definition) is 1. The Balaban J connectivity index is 1.63. The van der Waals surface area contributed by atoms with E-state index < -0.39 is 34.1 Å². The molecule has 2 saturated heterocycles. The quantitative estimate of drug-likeness (QED) is 0.683. The molecule has 2 aliphatic heterocycles. The standard InChI is InChI=1S/C23H34O7/c1-13-14-5-6-15(22(11-14,17(13)24)19(26)27-4)21-7-8-23(29-9-10-30-23)20(2,3)16(21)18(25)28-12-21/h13-17,24H,5-12H2,1-4H3. The minimum absolute atomic E-state index is 0.0337. The molecule has 5 fully saturated rings. The number of carbonyl (C=O) groups is 2. The first-order chi connectivity index (χ1) is 14.2. The smallest absolute Gasteiger partial charge is 0.314 e. The van der Waals surface area contributed by atoms with Crippen molar-refractivity contribution >= 4 is 11.9 Å². The van der Waals surface area contributed by atoms with Crippen LogP contribution in [0.4, 0.5) is 0 Å². The molecule has 1 N–H and O–H groups in total. The van der Waals surface area contributed by atoms with Gasteiger partial charge in [-0.15, -0.1) is 0 Å². The normalized spacial score (nSPS) is 48.4. The molecule has 0 aromatic rings. The van der Waals surface area contributed by atoms with Crippen LogP contribution >= 0.6 is 0 Å². The van der Waals surface area contributed by atoms with Crippen LogP contribution in [0, 0.1) is 39.9 Å². The zero-order valence-electron chi connectivity index (χ0n) is 18.4. The van der Waals surface area contributed by atoms with E-state index in [1.165, 1.54) is 7.11 Å². The molecule has 7 heteroatoms. The Morgan fingerprint density at radius 1 is 1.17 bits per heavy atom. The van der Waals surface area contributed by atoms with Gasteiger partial charge in [0.25, 0.3) is 0 Å². The molecule has 7 atom stereocenters. The van der Waals surface area contributed by atoms with Crippen molar-refractivity contribution in [2.24, 2.45) is 39.9 Å². The van der Waals surface area contributed by atoms with Gasteiger partial charge in [0.05, 0.1) is 44.4 Å². The van der Waals surface area contributed by atoms with E-state index in [0.717, 1.165) is 12.8 Å². The maximum Gasteiger partial charge on any atom is 0.314 e. The number of fused-ring (bicyclic) bond motifs is 3. The number of rotatable bonds is 2. The molecule has 0 radical (unpaired) electrons. The molecule has 2 bridgehead atoms. The molecule has 1 spiro atoms. The highest BCUT2D eigenvalue weighted by atomic mass is 16.7. The van der Waals surface area contributed by atoms with Gasteiger partial charge in [-0.05, 0) is 43.4 Å². The fourth-order valence-corrected chi connectivity index (χ4v) is 8.38. The van der Waals surface area contributed by atoms with E-state index in [9.17, 15) is 14.7 Å². The van der Waals surface area contributed by atoms with E-state index in [2.05, 4.69) is 0 Å². The van der Waals surface area contributed by atoms with Crippen LogP contribution in [0.15, 0.2) is 0 Å². The lowest BCUT2D eigenvalue weighted by molar-refractivity contribution is -0.286. The van der Waals surface area contributed by atoms with E-state index >= 15 is 0 Å². The van der Waals surface area contributed by atoms with Gasteiger partial charge in [-0.25, -0.2) is 0 Å². The van der Waals surface area contributed by atoms with Crippen molar-refractivity contribution in [2.45, 2.75) is 64.8 Å². The summed E-state index contributed by atoms with van der Waals surface area (Å²) in [5, 5.41) is 11.4. The molecule has 3 saturated carbocycles. The van der Waals surface area contributed by atoms with Crippen molar-refractivity contribution < 1.29 is 33.6 Å². The number of methoxy groups -OCH3 is 1. The van der Waals surface area contributed by atoms with Crippen LogP contribution < -0.4 is 0 Å². The molecule has 5 rings (SSSR count). The van der Waals surface area contributed by atoms with Crippen LogP contribution in [-0.2, 0) is 28.5 Å². The first-order valence-electron chi connectivity index (χ1n) is 11.4. The van der Waals surface area contributed by atoms with E-state index in [4.69, 9.17) is 18.9 Å². The second kappa shape index (κ2) is 6.42. The molecule has 0 amide bonds. The van der Waals surface area contributed by atoms with Crippen LogP contribution in [0.25, 0.3) is 0 Å². The Hall–Kier alpha value is -1.18. The van der Waals surface area contributed by atoms with Gasteiger partial charge in [0.15, 0.2) is 5.79 Å². The summed E-state index contributed by atoms with van der Waals surface area (Å²) < 4.78 is 23.2. The summed E-state index contributed by atoms with van der Waals surface area (Å²) >= 11 is 0. The van der Waals surface area contributed by atoms with Crippen LogP contribution in [-0.4, -0.2) is 55.9 Å². The van der Waals surface area contributed by atoms with Crippen molar-refractivity contribution in [1.29, 1.82) is 0 Å². The highest BCUT2D eigenvalue weighted by molar-refractivity contribution is 5.81. The Morgan fingerprint density at radius 3 is 2.53 bits per heavy atom. The topological polar surface area (TPSA) is 91.3 Å². The molecular formula is C23H34O7. The Morgan fingerprint density at radius 2 is 1.87 bits per heavy atom. The molecule has 7 nitrogen and oxygen atoms in total. The summed E-state index contributed by atoms with van der Waals surface area (Å²) in [6, 6.07) is 0. The summed E-state index contributed by atoms with van der Waals surface area (Å²) in [6.07, 6.45) is 2.90. The number of hydrogen-bond acceptors (Lipinski definition) is 7. The summed E-state index contributed by atoms with van der Waals surface area (Å²) in [7, 11) is 1.40. The largest absolute Gasteiger partial charge is 0.469 e. The second-order valence-electron chi connectivity index (χ2n) is 10.9. The number of aliphatic hydroxyl groups is 1. The summed E-state index contributed by atoms with van der Waals surface area (Å²) in [5.74, 6) is -1.68. The van der Waals surface area contributed by atoms with Crippen molar-refractivity contribution in [3.63, 3.8) is 0 Å². The lowest BCUT2D eigenvalue weighted by atomic mass is 9.45. The van der Waals surface area contributed by atoms with Crippen molar-refractivity contribution in [2.75, 3.05) is 26.9 Å². The highest BCUT2D eigenvalue weighted by Crippen LogP contribution is 2.71. The molecule has 2 heterocycles. The first kappa shape index (κ1) is 20.7. The van der Waals surface area contributed by atoms with Crippen molar-refractivity contribution in [1.82, 2.24) is 0 Å². The summed E-state index contributed by atoms with van der Waals surface area (Å²) in [6.45, 7) is 7.43. The third-order valence-electron chi connectivity index (χ3n) is 9.75. The SMILES string of the molecule is COC(=O)C12CC(CCC1C13CCC4(OCCO4)C(C)(C)C1C(=O)OC3)C(C)C2O. The van der Waals surface area contributed by atoms with E-state index in [-0.39, 0.29) is 30.4 Å². The van der Waals surface area contributed by atoms with Gasteiger partial charge in [-0.1, -0.05) is 20.8 Å². The molecule has 7 unspecified atom stereocenters. The Bertz CT molecular complexity index is 757. The summed E-state index contributed by atoms with van der Waals surface area (Å²) in [5.41, 5.74) is -2.13. The third-order valence-corrected chi connectivity index (χ3v) is 9.75. The molecule has 0 aromatic heterocycles. The van der Waals surface area contributed by atoms with E-state index in [1.807, 2.05) is 20.8 Å². The van der Waals surface area contributed by atoms with Gasteiger partial charge in [0.1, 0.15) is 0 Å². The monoisotopic (exact) mass is 422 g/mol. The number of cyclic esters (lactones) is 1. The van der Waals surface area contributed by atoms with Crippen LogP contribution in [0.1, 0.15) is 52.9 Å². The maximum atomic E-state index is 13.3. The van der Waals surface area contributed by atoms with Gasteiger partial charge in [0.2, 0.25) is 0 Å². The molecule has 3 aliphatic carbocycles. The minimum atomic E-state index is -0.985. The van der Waals surface area contributed by atoms with Gasteiger partial charge in [0, 0.05) is 17.3 Å². The van der Waals surface area contributed by atoms with Crippen LogP contribution in [0.3, 0.4) is 0 Å². The highest BCUT2D eigenvalue weighted by Gasteiger charge is 2.76. The lowest BCUT2D eigenvalue weighted by Gasteiger charge is -2.59. The zero-order valence-corrected chi connectivity index (χ0v) is 18.4. The van der Waals surface area contributed by atoms with Gasteiger partial charge in [-0.3, -0.25) is 9.59 Å². The fraction of sp³-hybridized carbons (Fsp3) is 0.913. The van der Waals surface area contributed by atoms with Gasteiger partial charge < -0.3 is 24.1 Å². The average molecular weight is 423 g/mol. The number of esters is 2. The maximum absolute atomic E-state index is 13.3. The van der Waals surface area contributed by atoms with E-state index in [0.29, 0.717) is 38.4 Å². The predicted molar refractivity (Wildman–Crippen MR) is 105 cm³/mol. The number of carbonyl (C=O) groups excluding carboxylic acids is 2. The minimum Gasteiger partial charge on any atom is -0.469 e. The number of ether oxygens (including phenoxy) is 4. The predicted octanol–water partition coefficient (Wildman–Crippen LogP) is 2.30. The fourth-order valence-electron chi connectivity index (χ4n) is 8.38. The Labute approximate surface area is 177 Å². The zero-order chi connectivity index (χ0) is 21.5. The molecular weight excluding hydrogens is 388 g/mol. The molecule has 5 aliphatic rings. The average Bonchev–Trinajstić information content (AvgIpc) is 3.39. The van der Waals surface area contributed by atoms with Crippen LogP contribution in [0.5, 0.6) is 0 Å². The van der Waals surface area contributed by atoms with Gasteiger partial charge in [-0.2, -0.15) is 0 Å². The molecule has 0 aromatic carbocycles. The first-order valence-corrected chi connectivity index (χ1v) is 11.4. The summed E-state index contributed by atoms with van der Waals surface area (Å²) in [4.78, 5) is 26.5. The third kappa shape index (κ3) is 2.22. The molecule has 30 heavy (non-hydrogen) atoms. The van der Waals surface area contributed by atoms with Crippen molar-refractivity contribution in [3.8, 4) is 0 Å². The van der Waals surface area contributed by atoms with Crippen molar-refractivity contribution in [3.05, 3.63) is 0 Å².